The number of phenols is 1. The molecule has 0 fully saturated rings. The van der Waals surface area contributed by atoms with Gasteiger partial charge in [-0.3, -0.25) is 4.79 Å². The van der Waals surface area contributed by atoms with Crippen molar-refractivity contribution in [2.24, 2.45) is 5.73 Å². The number of phenolic OH excluding ortho intramolecular Hbond substituents is 1. The normalized spacial score (nSPS) is 12.2. The highest BCUT2D eigenvalue weighted by Crippen LogP contribution is 2.28. The summed E-state index contributed by atoms with van der Waals surface area (Å²) in [4.78, 5) is 11.6. The molecule has 0 aromatic heterocycles. The third kappa shape index (κ3) is 2.73. The quantitative estimate of drug-likeness (QED) is 0.681. The van der Waals surface area contributed by atoms with E-state index in [1.807, 2.05) is 19.9 Å². The van der Waals surface area contributed by atoms with Gasteiger partial charge in [0.25, 0.3) is 0 Å². The van der Waals surface area contributed by atoms with Gasteiger partial charge in [0.05, 0.1) is 11.7 Å². The van der Waals surface area contributed by atoms with Gasteiger partial charge in [0.2, 0.25) is 5.91 Å². The van der Waals surface area contributed by atoms with E-state index < -0.39 is 6.04 Å². The maximum absolute atomic E-state index is 11.6. The lowest BCUT2D eigenvalue weighted by atomic mass is 10.1. The van der Waals surface area contributed by atoms with Gasteiger partial charge in [-0.2, -0.15) is 0 Å². The number of carbonyl (C=O) groups excluding carboxylic acids is 1. The van der Waals surface area contributed by atoms with E-state index in [4.69, 9.17) is 5.73 Å². The first-order chi connectivity index (χ1) is 7.45. The second-order valence-electron chi connectivity index (χ2n) is 3.98. The monoisotopic (exact) mass is 222 g/mol. The van der Waals surface area contributed by atoms with Crippen molar-refractivity contribution in [1.82, 2.24) is 0 Å². The lowest BCUT2D eigenvalue weighted by Crippen LogP contribution is -2.34. The number of rotatable bonds is 3. The predicted molar refractivity (Wildman–Crippen MR) is 64.5 cm³/mol. The molecule has 0 aliphatic carbocycles. The van der Waals surface area contributed by atoms with Crippen LogP contribution < -0.4 is 11.1 Å². The Bertz CT molecular complexity index is 402. The number of hydrogen-bond acceptors (Lipinski definition) is 3. The number of nitrogens with one attached hydrogen (secondary N) is 1. The van der Waals surface area contributed by atoms with E-state index in [9.17, 15) is 9.90 Å². The highest BCUT2D eigenvalue weighted by Gasteiger charge is 2.14. The molecule has 0 spiro atoms. The van der Waals surface area contributed by atoms with Crippen LogP contribution in [-0.4, -0.2) is 17.1 Å². The molecule has 0 saturated heterocycles. The highest BCUT2D eigenvalue weighted by molar-refractivity contribution is 5.96. The molecule has 0 aliphatic rings. The molecule has 0 heterocycles. The molecule has 0 saturated carbocycles. The van der Waals surface area contributed by atoms with Gasteiger partial charge >= 0.3 is 0 Å². The second-order valence-corrected chi connectivity index (χ2v) is 3.98. The van der Waals surface area contributed by atoms with Crippen molar-refractivity contribution in [3.63, 3.8) is 0 Å². The van der Waals surface area contributed by atoms with Crippen LogP contribution in [0.3, 0.4) is 0 Å². The Kier molecular flexibility index (Phi) is 3.90. The van der Waals surface area contributed by atoms with Crippen LogP contribution in [0.25, 0.3) is 0 Å². The van der Waals surface area contributed by atoms with Gasteiger partial charge in [-0.05, 0) is 37.5 Å². The summed E-state index contributed by atoms with van der Waals surface area (Å²) in [6.07, 6.45) is 0.567. The van der Waals surface area contributed by atoms with E-state index in [0.717, 1.165) is 11.1 Å². The molecular formula is C12H18N2O2. The number of carbonyl (C=O) groups is 1. The standard InChI is InChI=1S/C12H18N2O2/c1-4-9(13)12(16)14-10-6-7(2)5-8(3)11(10)15/h5-6,9,15H,4,13H2,1-3H3,(H,14,16)/t9-/m1/s1. The number of hydrogen-bond donors (Lipinski definition) is 3. The molecule has 0 radical (unpaired) electrons. The molecule has 1 amide bonds. The third-order valence-electron chi connectivity index (χ3n) is 2.48. The molecule has 0 unspecified atom stereocenters. The van der Waals surface area contributed by atoms with E-state index in [0.29, 0.717) is 12.1 Å². The second kappa shape index (κ2) is 4.99. The van der Waals surface area contributed by atoms with E-state index in [2.05, 4.69) is 5.32 Å². The first-order valence-electron chi connectivity index (χ1n) is 5.32. The zero-order valence-corrected chi connectivity index (χ0v) is 9.87. The van der Waals surface area contributed by atoms with E-state index >= 15 is 0 Å². The first kappa shape index (κ1) is 12.5. The highest BCUT2D eigenvalue weighted by atomic mass is 16.3. The van der Waals surface area contributed by atoms with Crippen LogP contribution in [0.15, 0.2) is 12.1 Å². The molecule has 1 rings (SSSR count). The number of anilines is 1. The average Bonchev–Trinajstić information content (AvgIpc) is 2.23. The third-order valence-corrected chi connectivity index (χ3v) is 2.48. The first-order valence-corrected chi connectivity index (χ1v) is 5.32. The SMILES string of the molecule is CC[C@@H](N)C(=O)Nc1cc(C)cc(C)c1O. The Morgan fingerprint density at radius 1 is 1.50 bits per heavy atom. The molecule has 4 nitrogen and oxygen atoms in total. The van der Waals surface area contributed by atoms with Gasteiger partial charge in [0.1, 0.15) is 5.75 Å². The van der Waals surface area contributed by atoms with Gasteiger partial charge in [-0.25, -0.2) is 0 Å². The number of nitrogens with two attached hydrogens (primary N) is 1. The topological polar surface area (TPSA) is 75.4 Å². The summed E-state index contributed by atoms with van der Waals surface area (Å²) in [5.41, 5.74) is 7.74. The molecule has 4 heteroatoms. The van der Waals surface area contributed by atoms with Crippen molar-refractivity contribution < 1.29 is 9.90 Å². The Balaban J connectivity index is 2.93. The minimum atomic E-state index is -0.541. The number of amides is 1. The summed E-state index contributed by atoms with van der Waals surface area (Å²) >= 11 is 0. The minimum absolute atomic E-state index is 0.0993. The summed E-state index contributed by atoms with van der Waals surface area (Å²) in [5, 5.41) is 12.4. The Labute approximate surface area is 95.5 Å². The summed E-state index contributed by atoms with van der Waals surface area (Å²) in [5.74, 6) is -0.176. The number of aryl methyl sites for hydroxylation is 2. The van der Waals surface area contributed by atoms with Crippen LogP contribution in [0.2, 0.25) is 0 Å². The summed E-state index contributed by atoms with van der Waals surface area (Å²) < 4.78 is 0. The van der Waals surface area contributed by atoms with Gasteiger partial charge in [-0.15, -0.1) is 0 Å². The fraction of sp³-hybridized carbons (Fsp3) is 0.417. The van der Waals surface area contributed by atoms with Crippen LogP contribution in [0.4, 0.5) is 5.69 Å². The van der Waals surface area contributed by atoms with Crippen LogP contribution in [0.1, 0.15) is 24.5 Å². The molecule has 0 bridgehead atoms. The number of benzene rings is 1. The van der Waals surface area contributed by atoms with Crippen LogP contribution in [0, 0.1) is 13.8 Å². The minimum Gasteiger partial charge on any atom is -0.505 e. The molecular weight excluding hydrogens is 204 g/mol. The average molecular weight is 222 g/mol. The molecule has 1 aromatic rings. The van der Waals surface area contributed by atoms with Gasteiger partial charge < -0.3 is 16.2 Å². The molecule has 1 atom stereocenters. The van der Waals surface area contributed by atoms with Crippen molar-refractivity contribution in [2.45, 2.75) is 33.2 Å². The van der Waals surface area contributed by atoms with Crippen LogP contribution in [-0.2, 0) is 4.79 Å². The zero-order chi connectivity index (χ0) is 12.3. The molecule has 1 aromatic carbocycles. The molecule has 4 N–H and O–H groups in total. The largest absolute Gasteiger partial charge is 0.505 e. The fourth-order valence-corrected chi connectivity index (χ4v) is 1.47. The van der Waals surface area contributed by atoms with Gasteiger partial charge in [-0.1, -0.05) is 13.0 Å². The summed E-state index contributed by atoms with van der Waals surface area (Å²) in [6.45, 7) is 5.53. The van der Waals surface area contributed by atoms with E-state index in [1.165, 1.54) is 0 Å². The van der Waals surface area contributed by atoms with E-state index in [1.54, 1.807) is 13.0 Å². The van der Waals surface area contributed by atoms with Gasteiger partial charge in [0, 0.05) is 0 Å². The fourth-order valence-electron chi connectivity index (χ4n) is 1.47. The molecule has 16 heavy (non-hydrogen) atoms. The Morgan fingerprint density at radius 3 is 2.69 bits per heavy atom. The Morgan fingerprint density at radius 2 is 2.12 bits per heavy atom. The van der Waals surface area contributed by atoms with Crippen molar-refractivity contribution in [3.05, 3.63) is 23.3 Å². The van der Waals surface area contributed by atoms with Crippen LogP contribution in [0.5, 0.6) is 5.75 Å². The maximum atomic E-state index is 11.6. The summed E-state index contributed by atoms with van der Waals surface area (Å²) in [6, 6.07) is 3.04. The van der Waals surface area contributed by atoms with Crippen molar-refractivity contribution in [3.8, 4) is 5.75 Å². The number of aromatic hydroxyl groups is 1. The van der Waals surface area contributed by atoms with Crippen molar-refractivity contribution >= 4 is 11.6 Å². The lowest BCUT2D eigenvalue weighted by Gasteiger charge is -2.13. The smallest absolute Gasteiger partial charge is 0.241 e. The van der Waals surface area contributed by atoms with Crippen molar-refractivity contribution in [2.75, 3.05) is 5.32 Å². The predicted octanol–water partition coefficient (Wildman–Crippen LogP) is 1.68. The Hall–Kier alpha value is -1.55. The molecule has 88 valence electrons. The zero-order valence-electron chi connectivity index (χ0n) is 9.87. The molecule has 0 aliphatic heterocycles. The van der Waals surface area contributed by atoms with Crippen molar-refractivity contribution in [1.29, 1.82) is 0 Å². The lowest BCUT2D eigenvalue weighted by molar-refractivity contribution is -0.117. The van der Waals surface area contributed by atoms with Gasteiger partial charge in [0.15, 0.2) is 0 Å². The van der Waals surface area contributed by atoms with E-state index in [-0.39, 0.29) is 11.7 Å². The maximum Gasteiger partial charge on any atom is 0.241 e. The van der Waals surface area contributed by atoms with Crippen LogP contribution >= 0.6 is 0 Å². The summed E-state index contributed by atoms with van der Waals surface area (Å²) in [7, 11) is 0.